The number of nitrogens with one attached hydrogen (secondary N) is 2. The smallest absolute Gasteiger partial charge is 0.222 e. The first-order valence-electron chi connectivity index (χ1n) is 6.52. The second-order valence-corrected chi connectivity index (χ2v) is 4.83. The zero-order chi connectivity index (χ0) is 14.4. The van der Waals surface area contributed by atoms with Gasteiger partial charge in [-0.2, -0.15) is 0 Å². The molecule has 1 aromatic rings. The van der Waals surface area contributed by atoms with Gasteiger partial charge in [-0.3, -0.25) is 4.79 Å². The molecule has 6 nitrogen and oxygen atoms in total. The van der Waals surface area contributed by atoms with E-state index in [0.29, 0.717) is 36.2 Å². The number of anilines is 1. The molecule has 1 aliphatic heterocycles. The van der Waals surface area contributed by atoms with Crippen LogP contribution < -0.4 is 15.4 Å². The van der Waals surface area contributed by atoms with E-state index in [4.69, 9.17) is 17.0 Å². The highest BCUT2D eigenvalue weighted by Gasteiger charge is 2.19. The van der Waals surface area contributed by atoms with Crippen LogP contribution in [0.3, 0.4) is 0 Å². The summed E-state index contributed by atoms with van der Waals surface area (Å²) in [6, 6.07) is 3.60. The fourth-order valence-corrected chi connectivity index (χ4v) is 2.24. The number of amides is 1. The van der Waals surface area contributed by atoms with Gasteiger partial charge in [0.1, 0.15) is 0 Å². The van der Waals surface area contributed by atoms with Gasteiger partial charge in [-0.05, 0) is 30.8 Å². The number of carbonyl (C=O) groups is 1. The van der Waals surface area contributed by atoms with E-state index in [1.807, 2.05) is 4.90 Å². The van der Waals surface area contributed by atoms with Crippen LogP contribution in [0.5, 0.6) is 5.75 Å². The molecule has 0 saturated carbocycles. The topological polar surface area (TPSA) is 66.5 Å². The predicted octanol–water partition coefficient (Wildman–Crippen LogP) is 0.999. The van der Waals surface area contributed by atoms with E-state index >= 15 is 0 Å². The number of nitrogens with zero attached hydrogens (tertiary/aromatic N) is 2. The molecule has 2 heterocycles. The summed E-state index contributed by atoms with van der Waals surface area (Å²) in [5, 5.41) is 6.51. The number of rotatable bonds is 5. The van der Waals surface area contributed by atoms with Crippen molar-refractivity contribution in [1.29, 1.82) is 0 Å². The Labute approximate surface area is 123 Å². The molecule has 1 saturated heterocycles. The summed E-state index contributed by atoms with van der Waals surface area (Å²) in [4.78, 5) is 17.5. The number of carbonyl (C=O) groups excluding carboxylic acids is 1. The second-order valence-electron chi connectivity index (χ2n) is 4.42. The van der Waals surface area contributed by atoms with Gasteiger partial charge in [0.05, 0.1) is 7.11 Å². The van der Waals surface area contributed by atoms with Crippen molar-refractivity contribution in [1.82, 2.24) is 15.2 Å². The van der Waals surface area contributed by atoms with Gasteiger partial charge >= 0.3 is 0 Å². The van der Waals surface area contributed by atoms with Crippen LogP contribution in [-0.4, -0.2) is 47.6 Å². The van der Waals surface area contributed by atoms with Crippen molar-refractivity contribution in [2.24, 2.45) is 0 Å². The zero-order valence-electron chi connectivity index (χ0n) is 11.4. The zero-order valence-corrected chi connectivity index (χ0v) is 12.2. The van der Waals surface area contributed by atoms with Crippen molar-refractivity contribution in [3.63, 3.8) is 0 Å². The van der Waals surface area contributed by atoms with E-state index in [1.165, 1.54) is 0 Å². The van der Waals surface area contributed by atoms with Crippen LogP contribution in [0.4, 0.5) is 5.82 Å². The number of hydrogen-bond acceptors (Lipinski definition) is 4. The first-order chi connectivity index (χ1) is 9.70. The lowest BCUT2D eigenvalue weighted by molar-refractivity contribution is -0.127. The van der Waals surface area contributed by atoms with Crippen molar-refractivity contribution < 1.29 is 9.53 Å². The van der Waals surface area contributed by atoms with E-state index < -0.39 is 0 Å². The Morgan fingerprint density at radius 3 is 3.15 bits per heavy atom. The van der Waals surface area contributed by atoms with Crippen LogP contribution >= 0.6 is 12.2 Å². The maximum atomic E-state index is 11.4. The van der Waals surface area contributed by atoms with Gasteiger partial charge in [-0.1, -0.05) is 0 Å². The Morgan fingerprint density at radius 2 is 2.45 bits per heavy atom. The van der Waals surface area contributed by atoms with Crippen molar-refractivity contribution in [3.8, 4) is 5.75 Å². The van der Waals surface area contributed by atoms with Gasteiger partial charge in [0.25, 0.3) is 0 Å². The van der Waals surface area contributed by atoms with Crippen LogP contribution in [0, 0.1) is 0 Å². The molecule has 0 unspecified atom stereocenters. The summed E-state index contributed by atoms with van der Waals surface area (Å²) >= 11 is 5.19. The molecule has 1 aliphatic rings. The molecule has 1 fully saturated rings. The van der Waals surface area contributed by atoms with Crippen LogP contribution in [0.25, 0.3) is 0 Å². The second kappa shape index (κ2) is 7.04. The Hall–Kier alpha value is -1.89. The van der Waals surface area contributed by atoms with Gasteiger partial charge in [-0.15, -0.1) is 0 Å². The van der Waals surface area contributed by atoms with Crippen molar-refractivity contribution >= 4 is 29.1 Å². The number of aromatic nitrogens is 1. The summed E-state index contributed by atoms with van der Waals surface area (Å²) in [6.07, 6.45) is 3.27. The minimum Gasteiger partial charge on any atom is -0.493 e. The Kier molecular flexibility index (Phi) is 5.11. The summed E-state index contributed by atoms with van der Waals surface area (Å²) in [6.45, 7) is 2.13. The number of pyridine rings is 1. The number of thiocarbonyl (C=S) groups is 1. The Balaban J connectivity index is 1.76. The van der Waals surface area contributed by atoms with E-state index in [0.717, 1.165) is 13.0 Å². The van der Waals surface area contributed by atoms with E-state index in [-0.39, 0.29) is 5.91 Å². The molecule has 1 amide bonds. The van der Waals surface area contributed by atoms with Crippen molar-refractivity contribution in [2.75, 3.05) is 32.1 Å². The summed E-state index contributed by atoms with van der Waals surface area (Å²) in [5.74, 6) is 1.42. The van der Waals surface area contributed by atoms with Crippen LogP contribution in [-0.2, 0) is 4.79 Å². The third-order valence-corrected chi connectivity index (χ3v) is 3.31. The first kappa shape index (κ1) is 14.5. The largest absolute Gasteiger partial charge is 0.493 e. The minimum atomic E-state index is 0.220. The highest BCUT2D eigenvalue weighted by Crippen LogP contribution is 2.19. The van der Waals surface area contributed by atoms with Crippen molar-refractivity contribution in [3.05, 3.63) is 18.3 Å². The molecule has 0 aromatic carbocycles. The molecule has 1 aromatic heterocycles. The Morgan fingerprint density at radius 1 is 1.60 bits per heavy atom. The number of hydrogen-bond donors (Lipinski definition) is 2. The average molecular weight is 294 g/mol. The van der Waals surface area contributed by atoms with Gasteiger partial charge in [-0.25, -0.2) is 4.98 Å². The lowest BCUT2D eigenvalue weighted by Gasteiger charge is -2.17. The van der Waals surface area contributed by atoms with Crippen LogP contribution in [0.2, 0.25) is 0 Å². The molecule has 7 heteroatoms. The number of likely N-dealkylation sites (tertiary alicyclic amines) is 1. The summed E-state index contributed by atoms with van der Waals surface area (Å²) < 4.78 is 5.18. The number of ether oxygens (including phenoxy) is 1. The minimum absolute atomic E-state index is 0.220. The van der Waals surface area contributed by atoms with Crippen molar-refractivity contribution in [2.45, 2.75) is 12.8 Å². The molecule has 0 bridgehead atoms. The first-order valence-corrected chi connectivity index (χ1v) is 6.93. The normalized spacial score (nSPS) is 14.2. The van der Waals surface area contributed by atoms with E-state index in [9.17, 15) is 4.79 Å². The molecule has 0 atom stereocenters. The molecule has 0 aliphatic carbocycles. The number of methoxy groups -OCH3 is 1. The quantitative estimate of drug-likeness (QED) is 0.790. The summed E-state index contributed by atoms with van der Waals surface area (Å²) in [7, 11) is 1.58. The van der Waals surface area contributed by atoms with Gasteiger partial charge in [0.15, 0.2) is 16.7 Å². The summed E-state index contributed by atoms with van der Waals surface area (Å²) in [5.41, 5.74) is 0. The SMILES string of the molecule is COc1cccnc1NC(=S)NCCN1CCCC1=O. The fourth-order valence-electron chi connectivity index (χ4n) is 2.05. The molecule has 0 spiro atoms. The molecule has 108 valence electrons. The van der Waals surface area contributed by atoms with Gasteiger partial charge in [0.2, 0.25) is 5.91 Å². The lowest BCUT2D eigenvalue weighted by atomic mass is 10.4. The maximum Gasteiger partial charge on any atom is 0.222 e. The Bertz CT molecular complexity index is 495. The maximum absolute atomic E-state index is 11.4. The molecule has 20 heavy (non-hydrogen) atoms. The predicted molar refractivity (Wildman–Crippen MR) is 80.8 cm³/mol. The fraction of sp³-hybridized carbons (Fsp3) is 0.462. The monoisotopic (exact) mass is 294 g/mol. The molecule has 2 N–H and O–H groups in total. The van der Waals surface area contributed by atoms with Crippen LogP contribution in [0.1, 0.15) is 12.8 Å². The molecule has 2 rings (SSSR count). The average Bonchev–Trinajstić information content (AvgIpc) is 2.85. The highest BCUT2D eigenvalue weighted by molar-refractivity contribution is 7.80. The van der Waals surface area contributed by atoms with E-state index in [2.05, 4.69) is 15.6 Å². The van der Waals surface area contributed by atoms with Crippen LogP contribution in [0.15, 0.2) is 18.3 Å². The van der Waals surface area contributed by atoms with E-state index in [1.54, 1.807) is 25.4 Å². The molecular weight excluding hydrogens is 276 g/mol. The molecule has 0 radical (unpaired) electrons. The third-order valence-electron chi connectivity index (χ3n) is 3.06. The molecular formula is C13H18N4O2S. The third kappa shape index (κ3) is 3.80. The highest BCUT2D eigenvalue weighted by atomic mass is 32.1. The van der Waals surface area contributed by atoms with Gasteiger partial charge in [0, 0.05) is 32.3 Å². The standard InChI is InChI=1S/C13H18N4O2S/c1-19-10-4-2-6-14-12(10)16-13(20)15-7-9-17-8-3-5-11(17)18/h2,4,6H,3,5,7-9H2,1H3,(H2,14,15,16,20). The lowest BCUT2D eigenvalue weighted by Crippen LogP contribution is -2.37. The van der Waals surface area contributed by atoms with Gasteiger partial charge < -0.3 is 20.3 Å².